The van der Waals surface area contributed by atoms with Crippen LogP contribution < -0.4 is 0 Å². The van der Waals surface area contributed by atoms with Gasteiger partial charge in [0.2, 0.25) is 0 Å². The van der Waals surface area contributed by atoms with Crippen molar-refractivity contribution in [3.63, 3.8) is 0 Å². The van der Waals surface area contributed by atoms with Crippen molar-refractivity contribution in [2.24, 2.45) is 9.98 Å². The van der Waals surface area contributed by atoms with E-state index in [4.69, 9.17) is 9.98 Å². The molecule has 7 heteroatoms. The van der Waals surface area contributed by atoms with E-state index >= 15 is 0 Å². The molecule has 7 nitrogen and oxygen atoms in total. The van der Waals surface area contributed by atoms with E-state index in [-0.39, 0.29) is 22.9 Å². The third kappa shape index (κ3) is 9.08. The minimum absolute atomic E-state index is 0.0347. The fourth-order valence-corrected chi connectivity index (χ4v) is 8.15. The Morgan fingerprint density at radius 2 is 1.38 bits per heavy atom. The quantitative estimate of drug-likeness (QED) is 0.164. The zero-order valence-corrected chi connectivity index (χ0v) is 32.6. The largest absolute Gasteiger partial charge is 0.507 e. The number of hydrogen-bond donors (Lipinski definition) is 2. The molecule has 0 amide bonds. The van der Waals surface area contributed by atoms with Crippen molar-refractivity contribution in [3.05, 3.63) is 94.0 Å². The first-order valence-electron chi connectivity index (χ1n) is 19.8. The summed E-state index contributed by atoms with van der Waals surface area (Å²) >= 11 is 0. The molecule has 2 heterocycles. The van der Waals surface area contributed by atoms with Gasteiger partial charge in [0.1, 0.15) is 11.5 Å². The van der Waals surface area contributed by atoms with Gasteiger partial charge in [-0.3, -0.25) is 24.4 Å². The van der Waals surface area contributed by atoms with Gasteiger partial charge in [-0.05, 0) is 70.9 Å². The smallest absolute Gasteiger partial charge is 0.350 e. The Morgan fingerprint density at radius 1 is 0.731 bits per heavy atom. The summed E-state index contributed by atoms with van der Waals surface area (Å²) in [7, 11) is 0. The zero-order chi connectivity index (χ0) is 36.9. The highest BCUT2D eigenvalue weighted by Crippen LogP contribution is 2.34. The molecule has 278 valence electrons. The molecule has 3 aliphatic rings. The Labute approximate surface area is 312 Å². The van der Waals surface area contributed by atoms with Crippen LogP contribution in [-0.2, 0) is 23.8 Å². The lowest BCUT2D eigenvalue weighted by Gasteiger charge is -2.36. The second kappa shape index (κ2) is 16.3. The number of para-hydroxylation sites is 1. The normalized spacial score (nSPS) is 20.3. The van der Waals surface area contributed by atoms with Crippen LogP contribution in [0, 0.1) is 0 Å². The number of aromatic hydroxyl groups is 2. The Bertz CT molecular complexity index is 1760. The van der Waals surface area contributed by atoms with Crippen molar-refractivity contribution < 1.29 is 14.8 Å². The van der Waals surface area contributed by atoms with Gasteiger partial charge in [0, 0.05) is 36.4 Å². The van der Waals surface area contributed by atoms with Crippen LogP contribution in [0.4, 0.5) is 0 Å². The van der Waals surface area contributed by atoms with Crippen LogP contribution in [-0.4, -0.2) is 87.8 Å². The number of benzene rings is 3. The van der Waals surface area contributed by atoms with E-state index in [1.165, 1.54) is 29.9 Å². The topological polar surface area (TPSA) is 74.7 Å². The molecule has 2 unspecified atom stereocenters. The van der Waals surface area contributed by atoms with E-state index in [2.05, 4.69) is 98.4 Å². The lowest BCUT2D eigenvalue weighted by atomic mass is 9.84. The monoisotopic (exact) mass is 704 g/mol. The van der Waals surface area contributed by atoms with Crippen LogP contribution in [0.5, 0.6) is 11.5 Å². The van der Waals surface area contributed by atoms with E-state index < -0.39 is 0 Å². The van der Waals surface area contributed by atoms with Crippen LogP contribution >= 0.6 is 0 Å². The minimum atomic E-state index is -0.152. The number of aryl methyl sites for hydroxylation is 1. The number of aliphatic imine (C=N–C) groups is 2. The van der Waals surface area contributed by atoms with E-state index in [0.29, 0.717) is 11.5 Å². The number of rotatable bonds is 10. The molecule has 2 N–H and O–H groups in total. The van der Waals surface area contributed by atoms with Crippen molar-refractivity contribution in [2.45, 2.75) is 122 Å². The van der Waals surface area contributed by atoms with Crippen molar-refractivity contribution in [3.8, 4) is 11.5 Å². The van der Waals surface area contributed by atoms with Gasteiger partial charge in [0.05, 0.1) is 51.4 Å². The predicted octanol–water partition coefficient (Wildman–Crippen LogP) is 8.45. The Balaban J connectivity index is 1.18. The van der Waals surface area contributed by atoms with Gasteiger partial charge < -0.3 is 10.2 Å². The Morgan fingerprint density at radius 3 is 2.04 bits per heavy atom. The average molecular weight is 705 g/mol. The Kier molecular flexibility index (Phi) is 11.8. The number of phenolic OH excluding ortho intramolecular Hbond substituents is 2. The van der Waals surface area contributed by atoms with Gasteiger partial charge in [-0.25, -0.2) is 0 Å². The van der Waals surface area contributed by atoms with Gasteiger partial charge in [-0.1, -0.05) is 103 Å². The molecule has 2 atom stereocenters. The van der Waals surface area contributed by atoms with Crippen LogP contribution in [0.25, 0.3) is 0 Å². The van der Waals surface area contributed by atoms with Gasteiger partial charge in [0.15, 0.2) is 0 Å². The number of phenols is 2. The molecule has 6 rings (SSSR count). The summed E-state index contributed by atoms with van der Waals surface area (Å²) in [6.45, 7) is 19.4. The predicted molar refractivity (Wildman–Crippen MR) is 216 cm³/mol. The number of nitrogens with zero attached hydrogens (tertiary/aromatic N) is 5. The number of hydrogen-bond acceptors (Lipinski definition) is 6. The number of guanidine groups is 1. The van der Waals surface area contributed by atoms with Crippen LogP contribution in [0.15, 0.2) is 70.6 Å². The summed E-state index contributed by atoms with van der Waals surface area (Å²) in [5.74, 6) is 2.06. The molecule has 52 heavy (non-hydrogen) atoms. The molecule has 1 fully saturated rings. The Hall–Kier alpha value is -4.13. The molecule has 0 bridgehead atoms. The SMILES string of the molecule is CC(C)(C)c1cc(C=NC2CCCCC2N=Cc2cccc(C(C)(C)C)c2O)c(O)c(CCCN2CCC[N+]3=C2N(Cc2ccccc2)CCC3)c1. The third-order valence-corrected chi connectivity index (χ3v) is 11.1. The summed E-state index contributed by atoms with van der Waals surface area (Å²) in [5.41, 5.74) is 5.84. The van der Waals surface area contributed by atoms with Gasteiger partial charge >= 0.3 is 5.96 Å². The van der Waals surface area contributed by atoms with E-state index in [9.17, 15) is 10.2 Å². The summed E-state index contributed by atoms with van der Waals surface area (Å²) in [6.07, 6.45) is 12.1. The third-order valence-electron chi connectivity index (χ3n) is 11.1. The maximum absolute atomic E-state index is 11.7. The fraction of sp³-hybridized carbons (Fsp3) is 0.533. The van der Waals surface area contributed by atoms with Crippen molar-refractivity contribution in [1.82, 2.24) is 9.80 Å². The van der Waals surface area contributed by atoms with Crippen molar-refractivity contribution >= 4 is 18.4 Å². The summed E-state index contributed by atoms with van der Waals surface area (Å²) in [4.78, 5) is 15.3. The van der Waals surface area contributed by atoms with Gasteiger partial charge in [-0.15, -0.1) is 0 Å². The molecule has 1 aliphatic carbocycles. The molecule has 0 spiro atoms. The second-order valence-corrected chi connectivity index (χ2v) is 17.3. The van der Waals surface area contributed by atoms with Crippen molar-refractivity contribution in [1.29, 1.82) is 0 Å². The van der Waals surface area contributed by atoms with Crippen LogP contribution in [0.3, 0.4) is 0 Å². The molecule has 0 saturated heterocycles. The van der Waals surface area contributed by atoms with E-state index in [0.717, 1.165) is 100 Å². The molecular formula is C45H62N5O2+. The van der Waals surface area contributed by atoms with E-state index in [1.54, 1.807) is 0 Å². The fourth-order valence-electron chi connectivity index (χ4n) is 8.15. The second-order valence-electron chi connectivity index (χ2n) is 17.3. The standard InChI is InChI=1S/C45H61N5O2/c1-44(2,3)37-28-34(19-13-23-48-24-14-25-49-26-15-27-50(43(48)49)32-33-16-8-7-9-17-33)41(51)36(29-37)31-47-40-22-11-10-21-39(40)46-30-35-18-12-20-38(42(35)52)45(4,5)6/h7-9,12,16-18,20,28-31,39-40H,10-11,13-15,19,21-27,32H2,1-6H3,(H-,46,47,51,52)/p+1. The minimum Gasteiger partial charge on any atom is -0.507 e. The molecule has 3 aromatic carbocycles. The summed E-state index contributed by atoms with van der Waals surface area (Å²) < 4.78 is 2.59. The van der Waals surface area contributed by atoms with Crippen LogP contribution in [0.2, 0.25) is 0 Å². The molecule has 0 radical (unpaired) electrons. The van der Waals surface area contributed by atoms with E-state index in [1.807, 2.05) is 30.6 Å². The zero-order valence-electron chi connectivity index (χ0n) is 32.6. The first kappa shape index (κ1) is 37.6. The molecule has 3 aromatic rings. The molecular weight excluding hydrogens is 643 g/mol. The highest BCUT2D eigenvalue weighted by molar-refractivity contribution is 5.86. The van der Waals surface area contributed by atoms with Gasteiger partial charge in [0.25, 0.3) is 0 Å². The molecule has 1 saturated carbocycles. The first-order chi connectivity index (χ1) is 24.9. The lowest BCUT2D eigenvalue weighted by Crippen LogP contribution is -2.56. The molecule has 2 aliphatic heterocycles. The summed E-state index contributed by atoms with van der Waals surface area (Å²) in [5, 5.41) is 22.7. The maximum Gasteiger partial charge on any atom is 0.350 e. The summed E-state index contributed by atoms with van der Waals surface area (Å²) in [6, 6.07) is 21.2. The first-order valence-corrected chi connectivity index (χ1v) is 19.8. The molecule has 0 aromatic heterocycles. The van der Waals surface area contributed by atoms with Gasteiger partial charge in [-0.2, -0.15) is 0 Å². The average Bonchev–Trinajstić information content (AvgIpc) is 3.11. The maximum atomic E-state index is 11.7. The highest BCUT2D eigenvalue weighted by Gasteiger charge is 2.35. The van der Waals surface area contributed by atoms with Crippen LogP contribution in [0.1, 0.15) is 120 Å². The van der Waals surface area contributed by atoms with Crippen molar-refractivity contribution in [2.75, 3.05) is 32.7 Å². The lowest BCUT2D eigenvalue weighted by molar-refractivity contribution is -0.550. The highest BCUT2D eigenvalue weighted by atomic mass is 16.3.